The first kappa shape index (κ1) is 18.6. The quantitative estimate of drug-likeness (QED) is 0.859. The summed E-state index contributed by atoms with van der Waals surface area (Å²) < 4.78 is 7.74. The van der Waals surface area contributed by atoms with Gasteiger partial charge in [0.1, 0.15) is 5.60 Å². The van der Waals surface area contributed by atoms with Crippen molar-refractivity contribution < 1.29 is 14.6 Å². The van der Waals surface area contributed by atoms with Crippen LogP contribution in [0.2, 0.25) is 0 Å². The van der Waals surface area contributed by atoms with E-state index in [0.29, 0.717) is 31.7 Å². The Morgan fingerprint density at radius 3 is 2.81 bits per heavy atom. The Labute approximate surface area is 154 Å². The van der Waals surface area contributed by atoms with E-state index >= 15 is 0 Å². The molecule has 1 atom stereocenters. The van der Waals surface area contributed by atoms with Crippen LogP contribution in [0.5, 0.6) is 0 Å². The predicted molar refractivity (Wildman–Crippen MR) is 99.1 cm³/mol. The van der Waals surface area contributed by atoms with Gasteiger partial charge in [-0.3, -0.25) is 9.48 Å². The van der Waals surface area contributed by atoms with Crippen molar-refractivity contribution in [1.82, 2.24) is 14.7 Å². The third-order valence-corrected chi connectivity index (χ3v) is 4.80. The molecule has 1 aromatic heterocycles. The van der Waals surface area contributed by atoms with Crippen LogP contribution in [-0.2, 0) is 17.7 Å². The van der Waals surface area contributed by atoms with Crippen LogP contribution >= 0.6 is 0 Å². The SMILES string of the molecule is CCCn1cc(C(=O)N2CCO[C@@](CO)(Cc3ccc(C)cc3)C2)cn1. The predicted octanol–water partition coefficient (Wildman–Crippen LogP) is 2.05. The third-order valence-electron chi connectivity index (χ3n) is 4.80. The van der Waals surface area contributed by atoms with Gasteiger partial charge < -0.3 is 14.7 Å². The molecule has 0 saturated carbocycles. The highest BCUT2D eigenvalue weighted by Crippen LogP contribution is 2.24. The van der Waals surface area contributed by atoms with Gasteiger partial charge in [0.05, 0.1) is 31.5 Å². The van der Waals surface area contributed by atoms with Crippen LogP contribution < -0.4 is 0 Å². The molecule has 1 saturated heterocycles. The second-order valence-corrected chi connectivity index (χ2v) is 7.07. The topological polar surface area (TPSA) is 67.6 Å². The average Bonchev–Trinajstić information content (AvgIpc) is 3.12. The molecule has 26 heavy (non-hydrogen) atoms. The average molecular weight is 357 g/mol. The number of hydrogen-bond acceptors (Lipinski definition) is 4. The van der Waals surface area contributed by atoms with Gasteiger partial charge in [-0.05, 0) is 18.9 Å². The summed E-state index contributed by atoms with van der Waals surface area (Å²) in [5, 5.41) is 14.3. The largest absolute Gasteiger partial charge is 0.393 e. The number of aryl methyl sites for hydroxylation is 2. The monoisotopic (exact) mass is 357 g/mol. The fourth-order valence-electron chi connectivity index (χ4n) is 3.36. The zero-order valence-electron chi connectivity index (χ0n) is 15.5. The van der Waals surface area contributed by atoms with E-state index < -0.39 is 5.60 Å². The van der Waals surface area contributed by atoms with Crippen LogP contribution in [0.4, 0.5) is 0 Å². The summed E-state index contributed by atoms with van der Waals surface area (Å²) in [6, 6.07) is 8.19. The van der Waals surface area contributed by atoms with Crippen molar-refractivity contribution in [1.29, 1.82) is 0 Å². The Bertz CT molecular complexity index is 741. The molecule has 1 N–H and O–H groups in total. The number of aliphatic hydroxyl groups excluding tert-OH is 1. The minimum absolute atomic E-state index is 0.0580. The summed E-state index contributed by atoms with van der Waals surface area (Å²) in [4.78, 5) is 14.6. The standard InChI is InChI=1S/C20H27N3O3/c1-3-8-23-13-18(12-21-23)19(25)22-9-10-26-20(14-22,15-24)11-17-6-4-16(2)5-7-17/h4-7,12-13,24H,3,8-11,14-15H2,1-2H3/t20-/m0/s1. The molecule has 0 bridgehead atoms. The lowest BCUT2D eigenvalue weighted by Crippen LogP contribution is -2.56. The maximum atomic E-state index is 12.9. The number of carbonyl (C=O) groups excluding carboxylic acids is 1. The van der Waals surface area contributed by atoms with Crippen molar-refractivity contribution in [2.45, 2.75) is 38.8 Å². The molecular weight excluding hydrogens is 330 g/mol. The smallest absolute Gasteiger partial charge is 0.257 e. The molecule has 0 spiro atoms. The van der Waals surface area contributed by atoms with Gasteiger partial charge in [-0.2, -0.15) is 5.10 Å². The molecule has 2 aromatic rings. The number of rotatable bonds is 6. The van der Waals surface area contributed by atoms with Crippen LogP contribution in [0.3, 0.4) is 0 Å². The molecule has 6 heteroatoms. The number of benzene rings is 1. The number of amides is 1. The molecule has 1 fully saturated rings. The Morgan fingerprint density at radius 1 is 1.35 bits per heavy atom. The van der Waals surface area contributed by atoms with E-state index in [1.807, 2.05) is 31.2 Å². The molecule has 1 amide bonds. The van der Waals surface area contributed by atoms with Crippen LogP contribution in [-0.4, -0.2) is 57.6 Å². The van der Waals surface area contributed by atoms with E-state index in [2.05, 4.69) is 12.0 Å². The number of hydrogen-bond donors (Lipinski definition) is 1. The number of aliphatic hydroxyl groups is 1. The van der Waals surface area contributed by atoms with E-state index in [4.69, 9.17) is 4.74 Å². The Balaban J connectivity index is 1.73. The first-order valence-electron chi connectivity index (χ1n) is 9.17. The number of aromatic nitrogens is 2. The maximum Gasteiger partial charge on any atom is 0.257 e. The third kappa shape index (κ3) is 4.14. The summed E-state index contributed by atoms with van der Waals surface area (Å²) in [6.45, 7) is 6.10. The molecule has 0 unspecified atom stereocenters. The van der Waals surface area contributed by atoms with Crippen LogP contribution in [0.1, 0.15) is 34.8 Å². The van der Waals surface area contributed by atoms with Gasteiger partial charge in [-0.1, -0.05) is 36.8 Å². The van der Waals surface area contributed by atoms with Crippen LogP contribution in [0, 0.1) is 6.92 Å². The first-order chi connectivity index (χ1) is 12.5. The van der Waals surface area contributed by atoms with E-state index in [-0.39, 0.29) is 12.5 Å². The highest BCUT2D eigenvalue weighted by atomic mass is 16.5. The van der Waals surface area contributed by atoms with Crippen LogP contribution in [0.15, 0.2) is 36.7 Å². The summed E-state index contributed by atoms with van der Waals surface area (Å²) in [7, 11) is 0. The van der Waals surface area contributed by atoms with Crippen molar-refractivity contribution in [3.63, 3.8) is 0 Å². The summed E-state index contributed by atoms with van der Waals surface area (Å²) in [5.74, 6) is -0.0580. The van der Waals surface area contributed by atoms with E-state index in [1.54, 1.807) is 22.0 Å². The molecule has 1 aromatic carbocycles. The number of morpholine rings is 1. The zero-order chi connectivity index (χ0) is 18.6. The van der Waals surface area contributed by atoms with Gasteiger partial charge in [-0.25, -0.2) is 0 Å². The van der Waals surface area contributed by atoms with Crippen molar-refractivity contribution in [3.8, 4) is 0 Å². The fourth-order valence-corrected chi connectivity index (χ4v) is 3.36. The lowest BCUT2D eigenvalue weighted by Gasteiger charge is -2.41. The maximum absolute atomic E-state index is 12.9. The molecule has 0 aliphatic carbocycles. The fraction of sp³-hybridized carbons (Fsp3) is 0.500. The van der Waals surface area contributed by atoms with Gasteiger partial charge in [0.25, 0.3) is 5.91 Å². The van der Waals surface area contributed by atoms with Gasteiger partial charge in [-0.15, -0.1) is 0 Å². The number of nitrogens with zero attached hydrogens (tertiary/aromatic N) is 3. The number of ether oxygens (including phenoxy) is 1. The van der Waals surface area contributed by atoms with Crippen molar-refractivity contribution in [2.75, 3.05) is 26.3 Å². The van der Waals surface area contributed by atoms with E-state index in [1.165, 1.54) is 5.56 Å². The minimum Gasteiger partial charge on any atom is -0.393 e. The molecule has 0 radical (unpaired) electrons. The molecule has 1 aliphatic rings. The highest BCUT2D eigenvalue weighted by Gasteiger charge is 2.38. The lowest BCUT2D eigenvalue weighted by molar-refractivity contribution is -0.123. The molecule has 140 valence electrons. The lowest BCUT2D eigenvalue weighted by atomic mass is 9.92. The normalized spacial score (nSPS) is 20.3. The molecule has 3 rings (SSSR count). The van der Waals surface area contributed by atoms with E-state index in [9.17, 15) is 9.90 Å². The number of carbonyl (C=O) groups is 1. The van der Waals surface area contributed by atoms with Crippen molar-refractivity contribution >= 4 is 5.91 Å². The summed E-state index contributed by atoms with van der Waals surface area (Å²) in [5.41, 5.74) is 2.11. The zero-order valence-corrected chi connectivity index (χ0v) is 15.5. The van der Waals surface area contributed by atoms with Gasteiger partial charge in [0.2, 0.25) is 0 Å². The van der Waals surface area contributed by atoms with Crippen molar-refractivity contribution in [3.05, 3.63) is 53.3 Å². The Kier molecular flexibility index (Phi) is 5.74. The van der Waals surface area contributed by atoms with Gasteiger partial charge in [0, 0.05) is 25.7 Å². The highest BCUT2D eigenvalue weighted by molar-refractivity contribution is 5.93. The van der Waals surface area contributed by atoms with Crippen LogP contribution in [0.25, 0.3) is 0 Å². The minimum atomic E-state index is -0.761. The second-order valence-electron chi connectivity index (χ2n) is 7.07. The van der Waals surface area contributed by atoms with E-state index in [0.717, 1.165) is 18.5 Å². The van der Waals surface area contributed by atoms with Crippen molar-refractivity contribution in [2.24, 2.45) is 0 Å². The van der Waals surface area contributed by atoms with Gasteiger partial charge >= 0.3 is 0 Å². The second kappa shape index (κ2) is 8.01. The molecular formula is C20H27N3O3. The molecule has 1 aliphatic heterocycles. The summed E-state index contributed by atoms with van der Waals surface area (Å²) in [6.07, 6.45) is 4.95. The summed E-state index contributed by atoms with van der Waals surface area (Å²) >= 11 is 0. The van der Waals surface area contributed by atoms with Gasteiger partial charge in [0.15, 0.2) is 0 Å². The Hall–Kier alpha value is -2.18. The molecule has 6 nitrogen and oxygen atoms in total. The molecule has 2 heterocycles. The first-order valence-corrected chi connectivity index (χ1v) is 9.17. The Morgan fingerprint density at radius 2 is 2.12 bits per heavy atom.